The first kappa shape index (κ1) is 21.0. The number of nitrogens with zero attached hydrogens (tertiary/aromatic N) is 3. The molecule has 1 atom stereocenters. The van der Waals surface area contributed by atoms with E-state index >= 15 is 0 Å². The van der Waals surface area contributed by atoms with Crippen LogP contribution in [0.15, 0.2) is 58.9 Å². The van der Waals surface area contributed by atoms with Gasteiger partial charge in [0, 0.05) is 0 Å². The first-order chi connectivity index (χ1) is 15.5. The molecule has 3 aromatic rings. The van der Waals surface area contributed by atoms with Gasteiger partial charge in [0.15, 0.2) is 0 Å². The Kier molecular flexibility index (Phi) is 5.55. The lowest BCUT2D eigenvalue weighted by atomic mass is 9.84. The predicted octanol–water partition coefficient (Wildman–Crippen LogP) is 1.88. The largest absolute Gasteiger partial charge is 0.497 e. The van der Waals surface area contributed by atoms with E-state index in [9.17, 15) is 15.3 Å². The van der Waals surface area contributed by atoms with Gasteiger partial charge in [0.25, 0.3) is 5.56 Å². The SMILES string of the molecule is COc1ccc(C=c2sc3n(c2=O)C(N)=C(C#N)C(c2ccc(OC)cc2)C=3C#N)cc1. The van der Waals surface area contributed by atoms with Crippen LogP contribution in [0.4, 0.5) is 0 Å². The standard InChI is InChI=1S/C24H18N4O3S/c1-30-16-7-3-14(4-8-16)11-20-23(29)28-22(27)18(12-25)21(19(13-26)24(28)32-20)15-5-9-17(31-2)10-6-15/h3-11,21H,27H2,1-2H3. The topological polar surface area (TPSA) is 114 Å². The predicted molar refractivity (Wildman–Crippen MR) is 122 cm³/mol. The maximum Gasteiger partial charge on any atom is 0.274 e. The van der Waals surface area contributed by atoms with Crippen LogP contribution in [0.2, 0.25) is 0 Å². The molecule has 1 aliphatic rings. The summed E-state index contributed by atoms with van der Waals surface area (Å²) >= 11 is 1.18. The van der Waals surface area contributed by atoms with E-state index < -0.39 is 5.92 Å². The lowest BCUT2D eigenvalue weighted by Crippen LogP contribution is -2.38. The van der Waals surface area contributed by atoms with Crippen molar-refractivity contribution in [3.63, 3.8) is 0 Å². The molecule has 0 aliphatic carbocycles. The van der Waals surface area contributed by atoms with E-state index in [0.717, 1.165) is 11.1 Å². The number of hydrogen-bond acceptors (Lipinski definition) is 7. The number of nitriles is 2. The molecule has 158 valence electrons. The Bertz CT molecular complexity index is 1480. The molecule has 2 N–H and O–H groups in total. The van der Waals surface area contributed by atoms with Gasteiger partial charge in [-0.05, 0) is 41.5 Å². The molecule has 2 heterocycles. The van der Waals surface area contributed by atoms with E-state index in [0.29, 0.717) is 26.3 Å². The quantitative estimate of drug-likeness (QED) is 0.660. The van der Waals surface area contributed by atoms with E-state index in [1.165, 1.54) is 15.9 Å². The van der Waals surface area contributed by atoms with Gasteiger partial charge in [-0.15, -0.1) is 11.3 Å². The monoisotopic (exact) mass is 442 g/mol. The minimum atomic E-state index is -0.664. The molecule has 0 fully saturated rings. The number of thiazole rings is 1. The van der Waals surface area contributed by atoms with Gasteiger partial charge in [-0.2, -0.15) is 10.5 Å². The summed E-state index contributed by atoms with van der Waals surface area (Å²) in [7, 11) is 3.14. The van der Waals surface area contributed by atoms with Crippen molar-refractivity contribution in [2.45, 2.75) is 5.92 Å². The van der Waals surface area contributed by atoms with Crippen LogP contribution in [-0.4, -0.2) is 18.8 Å². The summed E-state index contributed by atoms with van der Waals surface area (Å²) < 4.78 is 12.5. The number of allylic oxidation sites excluding steroid dienone is 1. The molecule has 0 spiro atoms. The van der Waals surface area contributed by atoms with Gasteiger partial charge < -0.3 is 15.2 Å². The average Bonchev–Trinajstić information content (AvgIpc) is 3.15. The zero-order valence-electron chi connectivity index (χ0n) is 17.3. The Balaban J connectivity index is 1.97. The highest BCUT2D eigenvalue weighted by Gasteiger charge is 2.32. The Morgan fingerprint density at radius 2 is 1.53 bits per heavy atom. The van der Waals surface area contributed by atoms with Crippen LogP contribution in [0.1, 0.15) is 17.0 Å². The van der Waals surface area contributed by atoms with Crippen LogP contribution in [0, 0.1) is 22.7 Å². The van der Waals surface area contributed by atoms with E-state index in [4.69, 9.17) is 15.2 Å². The van der Waals surface area contributed by atoms with Gasteiger partial charge in [-0.3, -0.25) is 9.36 Å². The molecule has 32 heavy (non-hydrogen) atoms. The van der Waals surface area contributed by atoms with Crippen LogP contribution in [0.5, 0.6) is 11.5 Å². The summed E-state index contributed by atoms with van der Waals surface area (Å²) in [4.78, 5) is 13.2. The third kappa shape index (κ3) is 3.43. The van der Waals surface area contributed by atoms with Gasteiger partial charge >= 0.3 is 0 Å². The minimum Gasteiger partial charge on any atom is -0.497 e. The molecule has 4 rings (SSSR count). The van der Waals surface area contributed by atoms with Gasteiger partial charge in [0.2, 0.25) is 0 Å². The van der Waals surface area contributed by atoms with Crippen molar-refractivity contribution < 1.29 is 9.47 Å². The first-order valence-corrected chi connectivity index (χ1v) is 10.4. The summed E-state index contributed by atoms with van der Waals surface area (Å²) in [5.74, 6) is 0.737. The lowest BCUT2D eigenvalue weighted by Gasteiger charge is -2.22. The number of hydrogen-bond donors (Lipinski definition) is 1. The van der Waals surface area contributed by atoms with Crippen LogP contribution >= 0.6 is 11.3 Å². The zero-order chi connectivity index (χ0) is 22.8. The van der Waals surface area contributed by atoms with E-state index in [2.05, 4.69) is 12.1 Å². The number of fused-ring (bicyclic) bond motifs is 1. The summed E-state index contributed by atoms with van der Waals surface area (Å²) in [5, 5.41) is 19.8. The molecule has 2 aromatic carbocycles. The second-order valence-corrected chi connectivity index (χ2v) is 8.00. The van der Waals surface area contributed by atoms with Crippen LogP contribution < -0.4 is 30.0 Å². The number of rotatable bonds is 4. The van der Waals surface area contributed by atoms with E-state index in [1.807, 2.05) is 12.1 Å². The molecule has 0 saturated heterocycles. The lowest BCUT2D eigenvalue weighted by molar-refractivity contribution is 0.414. The number of methoxy groups -OCH3 is 2. The maximum absolute atomic E-state index is 13.2. The van der Waals surface area contributed by atoms with Gasteiger partial charge in [0.05, 0.1) is 48.0 Å². The van der Waals surface area contributed by atoms with Gasteiger partial charge in [-0.1, -0.05) is 24.3 Å². The minimum absolute atomic E-state index is 0.0398. The second-order valence-electron chi connectivity index (χ2n) is 6.97. The number of aromatic nitrogens is 1. The average molecular weight is 443 g/mol. The fraction of sp³-hybridized carbons (Fsp3) is 0.125. The Hall–Kier alpha value is -4.27. The zero-order valence-corrected chi connectivity index (χ0v) is 18.1. The molecular formula is C24H18N4O3S. The molecular weight excluding hydrogens is 424 g/mol. The summed E-state index contributed by atoms with van der Waals surface area (Å²) in [6.45, 7) is 0. The molecule has 1 aliphatic heterocycles. The van der Waals surface area contributed by atoms with Crippen molar-refractivity contribution >= 4 is 28.8 Å². The highest BCUT2D eigenvalue weighted by atomic mass is 32.1. The molecule has 0 bridgehead atoms. The molecule has 1 aromatic heterocycles. The van der Waals surface area contributed by atoms with Crippen LogP contribution in [-0.2, 0) is 0 Å². The Labute approximate surface area is 187 Å². The van der Waals surface area contributed by atoms with Crippen molar-refractivity contribution in [1.82, 2.24) is 4.57 Å². The molecule has 8 heteroatoms. The van der Waals surface area contributed by atoms with Crippen molar-refractivity contribution in [1.29, 1.82) is 10.5 Å². The third-order valence-electron chi connectivity index (χ3n) is 5.25. The van der Waals surface area contributed by atoms with E-state index in [-0.39, 0.29) is 17.0 Å². The second kappa shape index (κ2) is 8.46. The first-order valence-electron chi connectivity index (χ1n) is 9.58. The fourth-order valence-corrected chi connectivity index (χ4v) is 4.76. The highest BCUT2D eigenvalue weighted by Crippen LogP contribution is 2.36. The van der Waals surface area contributed by atoms with Gasteiger partial charge in [-0.25, -0.2) is 0 Å². The third-order valence-corrected chi connectivity index (χ3v) is 6.36. The number of benzene rings is 2. The van der Waals surface area contributed by atoms with Crippen molar-refractivity contribution in [2.24, 2.45) is 5.73 Å². The summed E-state index contributed by atoms with van der Waals surface area (Å²) in [5.41, 5.74) is 7.91. The van der Waals surface area contributed by atoms with Crippen LogP contribution in [0.25, 0.3) is 17.5 Å². The van der Waals surface area contributed by atoms with Crippen molar-refractivity contribution in [3.05, 3.63) is 84.8 Å². The normalized spacial score (nSPS) is 15.7. The molecule has 7 nitrogen and oxygen atoms in total. The Morgan fingerprint density at radius 1 is 0.969 bits per heavy atom. The van der Waals surface area contributed by atoms with Gasteiger partial charge in [0.1, 0.15) is 22.0 Å². The summed E-state index contributed by atoms with van der Waals surface area (Å²) in [6.07, 6.45) is 1.73. The molecule has 0 radical (unpaired) electrons. The summed E-state index contributed by atoms with van der Waals surface area (Å²) in [6, 6.07) is 18.7. The smallest absolute Gasteiger partial charge is 0.274 e. The fourth-order valence-electron chi connectivity index (χ4n) is 3.63. The van der Waals surface area contributed by atoms with Crippen LogP contribution in [0.3, 0.4) is 0 Å². The molecule has 0 saturated carbocycles. The number of nitrogens with two attached hydrogens (primary N) is 1. The van der Waals surface area contributed by atoms with Crippen molar-refractivity contribution in [2.75, 3.05) is 14.2 Å². The van der Waals surface area contributed by atoms with Crippen molar-refractivity contribution in [3.8, 4) is 23.6 Å². The highest BCUT2D eigenvalue weighted by molar-refractivity contribution is 7.07. The number of ether oxygens (including phenoxy) is 2. The molecule has 1 unspecified atom stereocenters. The maximum atomic E-state index is 13.2. The Morgan fingerprint density at radius 3 is 2.06 bits per heavy atom. The van der Waals surface area contributed by atoms with E-state index in [1.54, 1.807) is 56.7 Å². The molecule has 0 amide bonds.